The van der Waals surface area contributed by atoms with Crippen LogP contribution in [0.5, 0.6) is 0 Å². The Labute approximate surface area is 82.9 Å². The van der Waals surface area contributed by atoms with Gasteiger partial charge in [-0.2, -0.15) is 0 Å². The molecule has 0 unspecified atom stereocenters. The number of hydrogen-bond acceptors (Lipinski definition) is 3. The molecule has 0 saturated carbocycles. The largest absolute Gasteiger partial charge is 0.376 e. The summed E-state index contributed by atoms with van der Waals surface area (Å²) >= 11 is 0. The maximum atomic E-state index is 9.24. The molecule has 1 aliphatic heterocycles. The fourth-order valence-electron chi connectivity index (χ4n) is 1.01. The van der Waals surface area contributed by atoms with Crippen LogP contribution in [0.25, 0.3) is 0 Å². The Morgan fingerprint density at radius 3 is 1.62 bits per heavy atom. The zero-order chi connectivity index (χ0) is 10.9. The molecule has 0 bridgehead atoms. The first-order valence-electron chi connectivity index (χ1n) is 5.30. The number of nitrogens with two attached hydrogens (primary N) is 1. The van der Waals surface area contributed by atoms with Crippen LogP contribution in [0.3, 0.4) is 0 Å². The van der Waals surface area contributed by atoms with E-state index in [1.165, 1.54) is 0 Å². The van der Waals surface area contributed by atoms with E-state index in [9.17, 15) is 5.11 Å². The number of aliphatic hydroxyl groups is 1. The molecule has 0 spiro atoms. The number of nitrogens with zero attached hydrogens (tertiary/aromatic N) is 1. The van der Waals surface area contributed by atoms with Crippen molar-refractivity contribution in [2.24, 2.45) is 5.73 Å². The second-order valence-electron chi connectivity index (χ2n) is 2.91. The first-order chi connectivity index (χ1) is 6.10. The molecular formula is C10H26N2O. The van der Waals surface area contributed by atoms with Crippen molar-refractivity contribution >= 4 is 0 Å². The van der Waals surface area contributed by atoms with E-state index in [1.54, 1.807) is 0 Å². The summed E-state index contributed by atoms with van der Waals surface area (Å²) in [6.07, 6.45) is 1.40. The molecule has 1 aliphatic rings. The van der Waals surface area contributed by atoms with Crippen LogP contribution in [0.15, 0.2) is 0 Å². The van der Waals surface area contributed by atoms with E-state index in [1.807, 2.05) is 34.7 Å². The van der Waals surface area contributed by atoms with E-state index in [0.29, 0.717) is 12.8 Å². The minimum absolute atomic E-state index is 0.698. The lowest BCUT2D eigenvalue weighted by molar-refractivity contribution is -0.00989. The van der Waals surface area contributed by atoms with Gasteiger partial charge in [-0.05, 0) is 7.05 Å². The Bertz CT molecular complexity index is 95.1. The topological polar surface area (TPSA) is 49.5 Å². The number of piperidine rings is 1. The molecule has 3 nitrogen and oxygen atoms in total. The molecule has 1 rings (SSSR count). The summed E-state index contributed by atoms with van der Waals surface area (Å²) in [6.45, 7) is 9.82. The number of rotatable bonds is 0. The van der Waals surface area contributed by atoms with Gasteiger partial charge in [0.2, 0.25) is 0 Å². The quantitative estimate of drug-likeness (QED) is 0.568. The van der Waals surface area contributed by atoms with E-state index >= 15 is 0 Å². The van der Waals surface area contributed by atoms with Gasteiger partial charge in [0.1, 0.15) is 5.72 Å². The monoisotopic (exact) mass is 190 g/mol. The molecule has 0 aromatic carbocycles. The van der Waals surface area contributed by atoms with Crippen LogP contribution in [-0.4, -0.2) is 35.9 Å². The van der Waals surface area contributed by atoms with Crippen LogP contribution in [0, 0.1) is 0 Å². The number of hydrogen-bond donors (Lipinski definition) is 2. The SMILES string of the molecule is CC.CC.CN1CCC(N)(O)CC1. The molecule has 3 heteroatoms. The third kappa shape index (κ3) is 8.22. The van der Waals surface area contributed by atoms with Gasteiger partial charge in [0, 0.05) is 25.9 Å². The molecule has 0 aliphatic carbocycles. The minimum Gasteiger partial charge on any atom is -0.376 e. The second-order valence-corrected chi connectivity index (χ2v) is 2.91. The standard InChI is InChI=1S/C6H14N2O.2C2H6/c1-8-4-2-6(7,9)3-5-8;2*1-2/h9H,2-5,7H2,1H3;2*1-2H3. The highest BCUT2D eigenvalue weighted by molar-refractivity contribution is 4.78. The van der Waals surface area contributed by atoms with E-state index in [0.717, 1.165) is 13.1 Å². The van der Waals surface area contributed by atoms with Crippen molar-refractivity contribution in [1.29, 1.82) is 0 Å². The fourth-order valence-corrected chi connectivity index (χ4v) is 1.01. The lowest BCUT2D eigenvalue weighted by Gasteiger charge is -2.33. The Morgan fingerprint density at radius 2 is 1.38 bits per heavy atom. The summed E-state index contributed by atoms with van der Waals surface area (Å²) in [7, 11) is 2.04. The van der Waals surface area contributed by atoms with E-state index in [2.05, 4.69) is 4.90 Å². The van der Waals surface area contributed by atoms with Crippen LogP contribution in [0.4, 0.5) is 0 Å². The van der Waals surface area contributed by atoms with Gasteiger partial charge in [-0.1, -0.05) is 27.7 Å². The van der Waals surface area contributed by atoms with Gasteiger partial charge in [-0.3, -0.25) is 0 Å². The highest BCUT2D eigenvalue weighted by Crippen LogP contribution is 2.14. The van der Waals surface area contributed by atoms with Crippen molar-refractivity contribution in [1.82, 2.24) is 4.90 Å². The maximum absolute atomic E-state index is 9.24. The molecular weight excluding hydrogens is 164 g/mol. The predicted octanol–water partition coefficient (Wildman–Crippen LogP) is 1.41. The summed E-state index contributed by atoms with van der Waals surface area (Å²) in [4.78, 5) is 2.17. The molecule has 0 aromatic rings. The van der Waals surface area contributed by atoms with Gasteiger partial charge < -0.3 is 15.7 Å². The van der Waals surface area contributed by atoms with Crippen LogP contribution in [-0.2, 0) is 0 Å². The highest BCUT2D eigenvalue weighted by atomic mass is 16.3. The lowest BCUT2D eigenvalue weighted by atomic mass is 10.0. The Morgan fingerprint density at radius 1 is 1.08 bits per heavy atom. The van der Waals surface area contributed by atoms with Crippen molar-refractivity contribution in [2.45, 2.75) is 46.3 Å². The summed E-state index contributed by atoms with van der Waals surface area (Å²) in [5, 5.41) is 9.24. The van der Waals surface area contributed by atoms with Crippen LogP contribution < -0.4 is 5.73 Å². The zero-order valence-corrected chi connectivity index (χ0v) is 9.80. The van der Waals surface area contributed by atoms with Gasteiger partial charge in [0.05, 0.1) is 0 Å². The highest BCUT2D eigenvalue weighted by Gasteiger charge is 2.25. The van der Waals surface area contributed by atoms with Crippen molar-refractivity contribution in [2.75, 3.05) is 20.1 Å². The first-order valence-corrected chi connectivity index (χ1v) is 5.30. The molecule has 1 heterocycles. The van der Waals surface area contributed by atoms with Crippen molar-refractivity contribution in [3.63, 3.8) is 0 Å². The van der Waals surface area contributed by atoms with Gasteiger partial charge in [0.25, 0.3) is 0 Å². The Hall–Kier alpha value is -0.120. The Kier molecular flexibility index (Phi) is 10.0. The third-order valence-electron chi connectivity index (χ3n) is 1.85. The Balaban J connectivity index is 0. The van der Waals surface area contributed by atoms with E-state index in [-0.39, 0.29) is 0 Å². The van der Waals surface area contributed by atoms with Crippen molar-refractivity contribution in [3.8, 4) is 0 Å². The molecule has 3 N–H and O–H groups in total. The van der Waals surface area contributed by atoms with Gasteiger partial charge >= 0.3 is 0 Å². The van der Waals surface area contributed by atoms with E-state index in [4.69, 9.17) is 5.73 Å². The van der Waals surface area contributed by atoms with Crippen molar-refractivity contribution < 1.29 is 5.11 Å². The molecule has 13 heavy (non-hydrogen) atoms. The molecule has 1 saturated heterocycles. The molecule has 82 valence electrons. The molecule has 0 atom stereocenters. The number of likely N-dealkylation sites (tertiary alicyclic amines) is 1. The average molecular weight is 190 g/mol. The minimum atomic E-state index is -0.882. The van der Waals surface area contributed by atoms with Crippen LogP contribution in [0.2, 0.25) is 0 Å². The normalized spacial score (nSPS) is 20.5. The van der Waals surface area contributed by atoms with Gasteiger partial charge in [-0.15, -0.1) is 0 Å². The summed E-state index contributed by atoms with van der Waals surface area (Å²) < 4.78 is 0. The third-order valence-corrected chi connectivity index (χ3v) is 1.85. The fraction of sp³-hybridized carbons (Fsp3) is 1.00. The second kappa shape index (κ2) is 8.48. The lowest BCUT2D eigenvalue weighted by Crippen LogP contribution is -2.49. The van der Waals surface area contributed by atoms with Gasteiger partial charge in [-0.25, -0.2) is 0 Å². The maximum Gasteiger partial charge on any atom is 0.116 e. The summed E-state index contributed by atoms with van der Waals surface area (Å²) in [5.41, 5.74) is 4.59. The summed E-state index contributed by atoms with van der Waals surface area (Å²) in [6, 6.07) is 0. The molecule has 0 radical (unpaired) electrons. The van der Waals surface area contributed by atoms with E-state index < -0.39 is 5.72 Å². The van der Waals surface area contributed by atoms with Crippen LogP contribution >= 0.6 is 0 Å². The summed E-state index contributed by atoms with van der Waals surface area (Å²) in [5.74, 6) is 0. The predicted molar refractivity (Wildman–Crippen MR) is 58.6 cm³/mol. The smallest absolute Gasteiger partial charge is 0.116 e. The zero-order valence-electron chi connectivity index (χ0n) is 9.80. The van der Waals surface area contributed by atoms with Gasteiger partial charge in [0.15, 0.2) is 0 Å². The van der Waals surface area contributed by atoms with Crippen LogP contribution in [0.1, 0.15) is 40.5 Å². The molecule has 0 aromatic heterocycles. The van der Waals surface area contributed by atoms with Crippen molar-refractivity contribution in [3.05, 3.63) is 0 Å². The molecule has 1 fully saturated rings. The first kappa shape index (κ1) is 15.4. The molecule has 0 amide bonds. The average Bonchev–Trinajstić information content (AvgIpc) is 2.17.